The average molecular weight is 289 g/mol. The molecule has 0 saturated carbocycles. The molecule has 1 N–H and O–H groups in total. The van der Waals surface area contributed by atoms with Gasteiger partial charge in [0.2, 0.25) is 0 Å². The van der Waals surface area contributed by atoms with Crippen molar-refractivity contribution >= 4 is 11.6 Å². The number of carbonyl (C=O) groups is 1. The summed E-state index contributed by atoms with van der Waals surface area (Å²) in [6, 6.07) is 8.82. The monoisotopic (exact) mass is 289 g/mol. The van der Waals surface area contributed by atoms with Gasteiger partial charge in [0.05, 0.1) is 14.2 Å². The van der Waals surface area contributed by atoms with E-state index in [-0.39, 0.29) is 11.7 Å². The lowest BCUT2D eigenvalue weighted by molar-refractivity contribution is 0.102. The van der Waals surface area contributed by atoms with Gasteiger partial charge in [0.15, 0.2) is 11.5 Å². The van der Waals surface area contributed by atoms with Crippen molar-refractivity contribution in [3.8, 4) is 11.5 Å². The lowest BCUT2D eigenvalue weighted by Gasteiger charge is -2.13. The molecule has 0 aromatic heterocycles. The van der Waals surface area contributed by atoms with Crippen LogP contribution in [0.15, 0.2) is 36.4 Å². The molecule has 0 radical (unpaired) electrons. The van der Waals surface area contributed by atoms with E-state index in [1.165, 1.54) is 31.4 Å². The molecule has 1 amide bonds. The minimum atomic E-state index is -0.381. The van der Waals surface area contributed by atoms with Crippen LogP contribution in [0.4, 0.5) is 10.1 Å². The molecule has 0 aliphatic rings. The molecule has 0 bridgehead atoms. The van der Waals surface area contributed by atoms with Crippen LogP contribution in [0.1, 0.15) is 15.9 Å². The van der Waals surface area contributed by atoms with E-state index < -0.39 is 0 Å². The van der Waals surface area contributed by atoms with Crippen LogP contribution in [0.2, 0.25) is 0 Å². The van der Waals surface area contributed by atoms with Crippen molar-refractivity contribution in [2.24, 2.45) is 0 Å². The maximum absolute atomic E-state index is 12.9. The van der Waals surface area contributed by atoms with E-state index in [2.05, 4.69) is 5.32 Å². The van der Waals surface area contributed by atoms with Gasteiger partial charge >= 0.3 is 0 Å². The normalized spacial score (nSPS) is 10.1. The first-order chi connectivity index (χ1) is 10.0. The molecule has 2 rings (SSSR count). The minimum Gasteiger partial charge on any atom is -0.493 e. The Balaban J connectivity index is 2.26. The Bertz CT molecular complexity index is 653. The predicted molar refractivity (Wildman–Crippen MR) is 78.6 cm³/mol. The Kier molecular flexibility index (Phi) is 4.42. The number of hydrogen-bond donors (Lipinski definition) is 1. The lowest BCUT2D eigenvalue weighted by atomic mass is 10.1. The van der Waals surface area contributed by atoms with E-state index in [4.69, 9.17) is 9.47 Å². The van der Waals surface area contributed by atoms with Crippen LogP contribution in [0.3, 0.4) is 0 Å². The number of benzene rings is 2. The number of rotatable bonds is 4. The van der Waals surface area contributed by atoms with Crippen LogP contribution in [-0.4, -0.2) is 20.1 Å². The number of nitrogens with one attached hydrogen (secondary N) is 1. The highest BCUT2D eigenvalue weighted by Gasteiger charge is 2.12. The second kappa shape index (κ2) is 6.26. The number of carbonyl (C=O) groups excluding carboxylic acids is 1. The Hall–Kier alpha value is -2.56. The highest BCUT2D eigenvalue weighted by molar-refractivity contribution is 6.04. The molecule has 21 heavy (non-hydrogen) atoms. The summed E-state index contributed by atoms with van der Waals surface area (Å²) < 4.78 is 23.3. The van der Waals surface area contributed by atoms with E-state index in [9.17, 15) is 9.18 Å². The fraction of sp³-hybridized carbons (Fsp3) is 0.188. The lowest BCUT2D eigenvalue weighted by Crippen LogP contribution is -2.13. The molecule has 2 aromatic rings. The van der Waals surface area contributed by atoms with E-state index in [0.717, 1.165) is 5.56 Å². The van der Waals surface area contributed by atoms with Crippen molar-refractivity contribution in [3.05, 3.63) is 53.3 Å². The molecule has 0 atom stereocenters. The Morgan fingerprint density at radius 1 is 1.05 bits per heavy atom. The summed E-state index contributed by atoms with van der Waals surface area (Å²) in [5.41, 5.74) is 1.83. The van der Waals surface area contributed by atoms with Crippen LogP contribution in [-0.2, 0) is 0 Å². The maximum Gasteiger partial charge on any atom is 0.255 e. The van der Waals surface area contributed by atoms with E-state index in [0.29, 0.717) is 22.7 Å². The third-order valence-electron chi connectivity index (χ3n) is 3.09. The van der Waals surface area contributed by atoms with Gasteiger partial charge in [-0.05, 0) is 42.8 Å². The van der Waals surface area contributed by atoms with Crippen molar-refractivity contribution in [3.63, 3.8) is 0 Å². The second-order valence-electron chi connectivity index (χ2n) is 4.48. The third-order valence-corrected chi connectivity index (χ3v) is 3.09. The molecular formula is C16H16FNO3. The zero-order chi connectivity index (χ0) is 15.4. The van der Waals surface area contributed by atoms with Gasteiger partial charge < -0.3 is 14.8 Å². The zero-order valence-corrected chi connectivity index (χ0v) is 12.1. The summed E-state index contributed by atoms with van der Waals surface area (Å²) in [5, 5.41) is 2.78. The average Bonchev–Trinajstić information content (AvgIpc) is 2.49. The highest BCUT2D eigenvalue weighted by atomic mass is 19.1. The number of methoxy groups -OCH3 is 2. The predicted octanol–water partition coefficient (Wildman–Crippen LogP) is 3.40. The molecule has 0 unspecified atom stereocenters. The van der Waals surface area contributed by atoms with Gasteiger partial charge in [-0.3, -0.25) is 4.79 Å². The smallest absolute Gasteiger partial charge is 0.255 e. The molecule has 0 heterocycles. The highest BCUT2D eigenvalue weighted by Crippen LogP contribution is 2.33. The van der Waals surface area contributed by atoms with E-state index in [1.807, 2.05) is 6.92 Å². The van der Waals surface area contributed by atoms with Crippen molar-refractivity contribution in [2.45, 2.75) is 6.92 Å². The summed E-state index contributed by atoms with van der Waals surface area (Å²) in [4.78, 5) is 12.1. The van der Waals surface area contributed by atoms with Crippen LogP contribution in [0, 0.1) is 12.7 Å². The van der Waals surface area contributed by atoms with Crippen LogP contribution in [0.25, 0.3) is 0 Å². The Labute approximate surface area is 122 Å². The molecule has 4 nitrogen and oxygen atoms in total. The van der Waals surface area contributed by atoms with Gasteiger partial charge in [-0.25, -0.2) is 4.39 Å². The van der Waals surface area contributed by atoms with E-state index in [1.54, 1.807) is 19.2 Å². The minimum absolute atomic E-state index is 0.315. The van der Waals surface area contributed by atoms with Gasteiger partial charge in [0, 0.05) is 17.3 Å². The molecule has 0 fully saturated rings. The van der Waals surface area contributed by atoms with Crippen molar-refractivity contribution in [1.29, 1.82) is 0 Å². The second-order valence-corrected chi connectivity index (χ2v) is 4.48. The first kappa shape index (κ1) is 14.8. The van der Waals surface area contributed by atoms with Crippen molar-refractivity contribution in [1.82, 2.24) is 0 Å². The first-order valence-electron chi connectivity index (χ1n) is 6.34. The quantitative estimate of drug-likeness (QED) is 0.938. The van der Waals surface area contributed by atoms with Gasteiger partial charge in [0.25, 0.3) is 5.91 Å². The standard InChI is InChI=1S/C16H16FNO3/c1-10-8-14(20-2)15(21-3)9-13(10)18-16(19)11-4-6-12(17)7-5-11/h4-9H,1-3H3,(H,18,19). The number of halogens is 1. The molecule has 0 saturated heterocycles. The number of hydrogen-bond acceptors (Lipinski definition) is 3. The van der Waals surface area contributed by atoms with Crippen LogP contribution >= 0.6 is 0 Å². The van der Waals surface area contributed by atoms with Crippen LogP contribution in [0.5, 0.6) is 11.5 Å². The Morgan fingerprint density at radius 2 is 1.62 bits per heavy atom. The molecule has 0 spiro atoms. The van der Waals surface area contributed by atoms with Gasteiger partial charge in [-0.15, -0.1) is 0 Å². The van der Waals surface area contributed by atoms with E-state index >= 15 is 0 Å². The summed E-state index contributed by atoms with van der Waals surface area (Å²) in [7, 11) is 3.08. The zero-order valence-electron chi connectivity index (χ0n) is 12.1. The van der Waals surface area contributed by atoms with Gasteiger partial charge in [-0.1, -0.05) is 0 Å². The fourth-order valence-corrected chi connectivity index (χ4v) is 1.91. The number of ether oxygens (including phenoxy) is 2. The summed E-state index contributed by atoms with van der Waals surface area (Å²) in [6.45, 7) is 1.85. The fourth-order valence-electron chi connectivity index (χ4n) is 1.91. The SMILES string of the molecule is COc1cc(C)c(NC(=O)c2ccc(F)cc2)cc1OC. The number of anilines is 1. The molecule has 0 aliphatic heterocycles. The van der Waals surface area contributed by atoms with Crippen molar-refractivity contribution < 1.29 is 18.7 Å². The van der Waals surface area contributed by atoms with Crippen molar-refractivity contribution in [2.75, 3.05) is 19.5 Å². The Morgan fingerprint density at radius 3 is 2.19 bits per heavy atom. The van der Waals surface area contributed by atoms with Crippen LogP contribution < -0.4 is 14.8 Å². The summed E-state index contributed by atoms with van der Waals surface area (Å²) >= 11 is 0. The summed E-state index contributed by atoms with van der Waals surface area (Å²) in [6.07, 6.45) is 0. The first-order valence-corrected chi connectivity index (χ1v) is 6.34. The summed E-state index contributed by atoms with van der Waals surface area (Å²) in [5.74, 6) is 0.423. The maximum atomic E-state index is 12.9. The molecule has 0 aliphatic carbocycles. The number of amides is 1. The molecule has 5 heteroatoms. The molecular weight excluding hydrogens is 273 g/mol. The third kappa shape index (κ3) is 3.31. The molecule has 2 aromatic carbocycles. The molecule has 110 valence electrons. The van der Waals surface area contributed by atoms with Gasteiger partial charge in [0.1, 0.15) is 5.82 Å². The topological polar surface area (TPSA) is 47.6 Å². The number of aryl methyl sites for hydroxylation is 1. The largest absolute Gasteiger partial charge is 0.493 e. The van der Waals surface area contributed by atoms with Gasteiger partial charge in [-0.2, -0.15) is 0 Å².